The first-order chi connectivity index (χ1) is 11.5. The second kappa shape index (κ2) is 6.39. The Morgan fingerprint density at radius 2 is 1.96 bits per heavy atom. The van der Waals surface area contributed by atoms with Gasteiger partial charge in [0.05, 0.1) is 30.1 Å². The first-order valence-electron chi connectivity index (χ1n) is 7.74. The van der Waals surface area contributed by atoms with Crippen molar-refractivity contribution in [3.63, 3.8) is 0 Å². The minimum absolute atomic E-state index is 0.0952. The van der Waals surface area contributed by atoms with Crippen LogP contribution in [0.2, 0.25) is 0 Å². The van der Waals surface area contributed by atoms with Gasteiger partial charge in [0.1, 0.15) is 0 Å². The van der Waals surface area contributed by atoms with E-state index in [9.17, 15) is 4.79 Å². The average molecular weight is 347 g/mol. The maximum atomic E-state index is 12.5. The van der Waals surface area contributed by atoms with E-state index < -0.39 is 0 Å². The number of H-pyrrole nitrogens is 1. The van der Waals surface area contributed by atoms with Gasteiger partial charge >= 0.3 is 0 Å². The zero-order valence-corrected chi connectivity index (χ0v) is 15.2. The van der Waals surface area contributed by atoms with Crippen molar-refractivity contribution in [2.24, 2.45) is 4.99 Å². The van der Waals surface area contributed by atoms with E-state index in [0.29, 0.717) is 22.9 Å². The number of benzene rings is 1. The first-order valence-corrected chi connectivity index (χ1v) is 8.62. The van der Waals surface area contributed by atoms with Gasteiger partial charge in [0.25, 0.3) is 5.56 Å². The smallest absolute Gasteiger partial charge is 0.271 e. The van der Waals surface area contributed by atoms with Crippen molar-refractivity contribution in [2.45, 2.75) is 32.1 Å². The summed E-state index contributed by atoms with van der Waals surface area (Å²) in [6, 6.07) is 5.88. The highest BCUT2D eigenvalue weighted by atomic mass is 32.2. The van der Waals surface area contributed by atoms with E-state index in [1.54, 1.807) is 26.0 Å². The molecular formula is C17H21N3O3S. The van der Waals surface area contributed by atoms with E-state index >= 15 is 0 Å². The van der Waals surface area contributed by atoms with Crippen LogP contribution < -0.4 is 15.0 Å². The number of hydrogen-bond donors (Lipinski definition) is 1. The summed E-state index contributed by atoms with van der Waals surface area (Å²) in [5.41, 5.74) is 1.58. The molecule has 128 valence electrons. The molecule has 1 atom stereocenters. The van der Waals surface area contributed by atoms with Crippen LogP contribution in [-0.2, 0) is 0 Å². The van der Waals surface area contributed by atoms with E-state index in [0.717, 1.165) is 10.6 Å². The van der Waals surface area contributed by atoms with Gasteiger partial charge in [0.2, 0.25) is 0 Å². The number of nitrogens with one attached hydrogen (secondary N) is 1. The van der Waals surface area contributed by atoms with Crippen molar-refractivity contribution in [2.75, 3.05) is 14.2 Å². The Kier molecular flexibility index (Phi) is 4.45. The standard InChI is InChI=1S/C17H21N3O3S/c1-9(2)20-16-14(17(21)19-20)15(24-10(3)18-16)11-6-7-12(22-4)13(8-11)23-5/h6-9,15H,1-5H3,(H,19,21)/t15-/m1/s1. The molecule has 0 fully saturated rings. The molecule has 0 amide bonds. The molecule has 0 unspecified atom stereocenters. The van der Waals surface area contributed by atoms with Crippen molar-refractivity contribution in [1.29, 1.82) is 0 Å². The van der Waals surface area contributed by atoms with Crippen molar-refractivity contribution < 1.29 is 9.47 Å². The maximum absolute atomic E-state index is 12.5. The van der Waals surface area contributed by atoms with Crippen molar-refractivity contribution in [3.8, 4) is 11.5 Å². The number of aromatic nitrogens is 2. The lowest BCUT2D eigenvalue weighted by Gasteiger charge is -2.22. The van der Waals surface area contributed by atoms with Crippen LogP contribution in [-0.4, -0.2) is 29.0 Å². The molecule has 0 saturated heterocycles. The molecule has 6 nitrogen and oxygen atoms in total. The first kappa shape index (κ1) is 16.7. The number of methoxy groups -OCH3 is 2. The Morgan fingerprint density at radius 3 is 2.58 bits per heavy atom. The number of ether oxygens (including phenoxy) is 2. The molecule has 0 aliphatic carbocycles. The molecule has 7 heteroatoms. The molecule has 0 saturated carbocycles. The summed E-state index contributed by atoms with van der Waals surface area (Å²) >= 11 is 1.57. The summed E-state index contributed by atoms with van der Waals surface area (Å²) in [7, 11) is 3.21. The molecule has 1 N–H and O–H groups in total. The van der Waals surface area contributed by atoms with E-state index in [1.165, 1.54) is 0 Å². The molecule has 3 rings (SSSR count). The molecule has 1 aromatic heterocycles. The Bertz CT molecular complexity index is 851. The number of hydrogen-bond acceptors (Lipinski definition) is 5. The third-order valence-corrected chi connectivity index (χ3v) is 5.15. The number of thioether (sulfide) groups is 1. The average Bonchev–Trinajstić information content (AvgIpc) is 2.90. The molecular weight excluding hydrogens is 326 g/mol. The highest BCUT2D eigenvalue weighted by molar-refractivity contribution is 8.14. The van der Waals surface area contributed by atoms with E-state index in [4.69, 9.17) is 9.47 Å². The molecule has 2 heterocycles. The van der Waals surface area contributed by atoms with Crippen LogP contribution in [0.4, 0.5) is 5.82 Å². The molecule has 1 aromatic carbocycles. The van der Waals surface area contributed by atoms with Crippen molar-refractivity contribution in [3.05, 3.63) is 39.7 Å². The Balaban J connectivity index is 2.15. The van der Waals surface area contributed by atoms with E-state index in [1.807, 2.05) is 43.7 Å². The maximum Gasteiger partial charge on any atom is 0.271 e. The van der Waals surface area contributed by atoms with E-state index in [-0.39, 0.29) is 16.9 Å². The predicted octanol–water partition coefficient (Wildman–Crippen LogP) is 3.66. The second-order valence-corrected chi connectivity index (χ2v) is 7.18. The number of fused-ring (bicyclic) bond motifs is 1. The van der Waals surface area contributed by atoms with Crippen LogP contribution in [0.3, 0.4) is 0 Å². The Morgan fingerprint density at radius 1 is 1.25 bits per heavy atom. The van der Waals surface area contributed by atoms with Gasteiger partial charge in [-0.2, -0.15) is 0 Å². The van der Waals surface area contributed by atoms with Crippen LogP contribution in [0, 0.1) is 0 Å². The highest BCUT2D eigenvalue weighted by Crippen LogP contribution is 2.45. The molecule has 2 aromatic rings. The molecule has 0 spiro atoms. The summed E-state index contributed by atoms with van der Waals surface area (Å²) in [6.07, 6.45) is 0. The van der Waals surface area contributed by atoms with Gasteiger partial charge in [0.15, 0.2) is 17.3 Å². The van der Waals surface area contributed by atoms with E-state index in [2.05, 4.69) is 10.1 Å². The van der Waals surface area contributed by atoms with Gasteiger partial charge in [-0.1, -0.05) is 17.8 Å². The van der Waals surface area contributed by atoms with Gasteiger partial charge in [0, 0.05) is 6.04 Å². The normalized spacial score (nSPS) is 16.8. The molecule has 1 aliphatic heterocycles. The highest BCUT2D eigenvalue weighted by Gasteiger charge is 2.31. The van der Waals surface area contributed by atoms with Gasteiger partial charge in [-0.15, -0.1) is 0 Å². The number of aromatic amines is 1. The summed E-state index contributed by atoms with van der Waals surface area (Å²) < 4.78 is 12.5. The van der Waals surface area contributed by atoms with Crippen molar-refractivity contribution in [1.82, 2.24) is 9.78 Å². The van der Waals surface area contributed by atoms with Gasteiger partial charge in [-0.3, -0.25) is 14.6 Å². The summed E-state index contributed by atoms with van der Waals surface area (Å²) in [5, 5.41) is 3.71. The molecule has 1 aliphatic rings. The van der Waals surface area contributed by atoms with Gasteiger partial charge in [-0.05, 0) is 38.5 Å². The third kappa shape index (κ3) is 2.73. The van der Waals surface area contributed by atoms with Crippen LogP contribution in [0.5, 0.6) is 11.5 Å². The summed E-state index contributed by atoms with van der Waals surface area (Å²) in [6.45, 7) is 6.01. The second-order valence-electron chi connectivity index (χ2n) is 5.89. The van der Waals surface area contributed by atoms with Crippen LogP contribution >= 0.6 is 11.8 Å². The largest absolute Gasteiger partial charge is 0.493 e. The lowest BCUT2D eigenvalue weighted by molar-refractivity contribution is 0.354. The predicted molar refractivity (Wildman–Crippen MR) is 97.2 cm³/mol. The number of aliphatic imine (C=N–C) groups is 1. The van der Waals surface area contributed by atoms with Gasteiger partial charge < -0.3 is 9.47 Å². The Labute approximate surface area is 144 Å². The fourth-order valence-corrected chi connectivity index (χ4v) is 3.93. The van der Waals surface area contributed by atoms with Gasteiger partial charge in [-0.25, -0.2) is 4.99 Å². The monoisotopic (exact) mass is 347 g/mol. The fourth-order valence-electron chi connectivity index (χ4n) is 2.83. The topological polar surface area (TPSA) is 68.6 Å². The minimum atomic E-state index is -0.124. The minimum Gasteiger partial charge on any atom is -0.493 e. The molecule has 0 bridgehead atoms. The lowest BCUT2D eigenvalue weighted by atomic mass is 10.1. The fraction of sp³-hybridized carbons (Fsp3) is 0.412. The van der Waals surface area contributed by atoms with Crippen molar-refractivity contribution >= 4 is 22.6 Å². The zero-order valence-electron chi connectivity index (χ0n) is 14.4. The van der Waals surface area contributed by atoms with Crippen LogP contribution in [0.1, 0.15) is 43.2 Å². The van der Waals surface area contributed by atoms with Crippen LogP contribution in [0.25, 0.3) is 0 Å². The molecule has 24 heavy (non-hydrogen) atoms. The molecule has 0 radical (unpaired) electrons. The zero-order chi connectivity index (χ0) is 17.4. The Hall–Kier alpha value is -2.15. The quantitative estimate of drug-likeness (QED) is 0.916. The number of nitrogens with zero attached hydrogens (tertiary/aromatic N) is 2. The van der Waals surface area contributed by atoms with Crippen LogP contribution in [0.15, 0.2) is 28.0 Å². The third-order valence-electron chi connectivity index (χ3n) is 3.98. The lowest BCUT2D eigenvalue weighted by Crippen LogP contribution is -2.13. The number of rotatable bonds is 4. The summed E-state index contributed by atoms with van der Waals surface area (Å²) in [5.74, 6) is 2.03. The SMILES string of the molecule is COc1ccc([C@H]2SC(C)=Nc3c2c(=O)[nH]n3C(C)C)cc1OC. The summed E-state index contributed by atoms with van der Waals surface area (Å²) in [4.78, 5) is 17.1.